The second-order valence-corrected chi connectivity index (χ2v) is 1.64. The first-order valence-corrected chi connectivity index (χ1v) is 2.68. The topological polar surface area (TPSA) is 44.0 Å². The van der Waals surface area contributed by atoms with Gasteiger partial charge in [0.1, 0.15) is 6.10 Å². The Morgan fingerprint density at radius 2 is 2.38 bits per heavy atom. The molecular formula is C6H10NO. The molecule has 0 spiro atoms. The lowest BCUT2D eigenvalue weighted by atomic mass is 10.2. The van der Waals surface area contributed by atoms with E-state index in [0.29, 0.717) is 6.42 Å². The minimum absolute atomic E-state index is 0.556. The summed E-state index contributed by atoms with van der Waals surface area (Å²) in [6.45, 7) is 3.57. The smallest absolute Gasteiger partial charge is 0.140 e. The van der Waals surface area contributed by atoms with Crippen LogP contribution in [0.5, 0.6) is 0 Å². The number of hydrogen-bond acceptors (Lipinski definition) is 2. The Morgan fingerprint density at radius 3 is 2.75 bits per heavy atom. The van der Waals surface area contributed by atoms with Crippen LogP contribution in [0.15, 0.2) is 0 Å². The molecule has 1 atom stereocenters. The Morgan fingerprint density at radius 1 is 1.75 bits per heavy atom. The van der Waals surface area contributed by atoms with Gasteiger partial charge in [0, 0.05) is 0 Å². The van der Waals surface area contributed by atoms with E-state index in [1.807, 2.05) is 0 Å². The molecule has 8 heavy (non-hydrogen) atoms. The van der Waals surface area contributed by atoms with Crippen LogP contribution in [0, 0.1) is 18.3 Å². The molecular weight excluding hydrogens is 102 g/mol. The third-order valence-corrected chi connectivity index (χ3v) is 0.877. The molecule has 0 aromatic rings. The van der Waals surface area contributed by atoms with Crippen LogP contribution in [0.4, 0.5) is 0 Å². The van der Waals surface area contributed by atoms with E-state index in [1.165, 1.54) is 0 Å². The van der Waals surface area contributed by atoms with Gasteiger partial charge >= 0.3 is 0 Å². The third-order valence-electron chi connectivity index (χ3n) is 0.877. The predicted molar refractivity (Wildman–Crippen MR) is 30.8 cm³/mol. The fraction of sp³-hybridized carbons (Fsp3) is 0.667. The molecule has 0 fully saturated rings. The maximum atomic E-state index is 8.60. The molecule has 1 radical (unpaired) electrons. The molecule has 0 aliphatic heterocycles. The number of nitriles is 1. The largest absolute Gasteiger partial charge is 0.378 e. The molecule has 1 N–H and O–H groups in total. The molecule has 2 heteroatoms. The Labute approximate surface area is 49.8 Å². The molecule has 0 amide bonds. The van der Waals surface area contributed by atoms with Crippen molar-refractivity contribution in [3.05, 3.63) is 6.92 Å². The molecule has 0 heterocycles. The van der Waals surface area contributed by atoms with E-state index in [0.717, 1.165) is 12.8 Å². The number of unbranched alkanes of at least 4 members (excludes halogenated alkanes) is 1. The summed E-state index contributed by atoms with van der Waals surface area (Å²) in [6.07, 6.45) is 1.39. The zero-order chi connectivity index (χ0) is 6.41. The SMILES string of the molecule is [CH2]CCCC(O)C#N. The first-order valence-electron chi connectivity index (χ1n) is 2.68. The van der Waals surface area contributed by atoms with Gasteiger partial charge in [0.05, 0.1) is 6.07 Å². The molecule has 0 aromatic heterocycles. The maximum absolute atomic E-state index is 8.60. The summed E-state index contributed by atoms with van der Waals surface area (Å²) in [5.41, 5.74) is 0. The molecule has 0 rings (SSSR count). The van der Waals surface area contributed by atoms with Crippen molar-refractivity contribution in [1.29, 1.82) is 5.26 Å². The number of aliphatic hydroxyl groups is 1. The molecule has 0 aliphatic carbocycles. The normalized spacial score (nSPS) is 12.6. The van der Waals surface area contributed by atoms with Crippen molar-refractivity contribution in [1.82, 2.24) is 0 Å². The van der Waals surface area contributed by atoms with Gasteiger partial charge in [-0.25, -0.2) is 0 Å². The molecule has 0 saturated heterocycles. The minimum Gasteiger partial charge on any atom is -0.378 e. The van der Waals surface area contributed by atoms with Crippen molar-refractivity contribution in [3.8, 4) is 6.07 Å². The highest BCUT2D eigenvalue weighted by Gasteiger charge is 1.96. The van der Waals surface area contributed by atoms with Crippen molar-refractivity contribution >= 4 is 0 Å². The van der Waals surface area contributed by atoms with Gasteiger partial charge in [0.25, 0.3) is 0 Å². The average molecular weight is 112 g/mol. The van der Waals surface area contributed by atoms with Crippen LogP contribution in [-0.4, -0.2) is 11.2 Å². The van der Waals surface area contributed by atoms with Crippen LogP contribution in [0.3, 0.4) is 0 Å². The summed E-state index contributed by atoms with van der Waals surface area (Å²) in [7, 11) is 0. The van der Waals surface area contributed by atoms with E-state index in [2.05, 4.69) is 6.92 Å². The van der Waals surface area contributed by atoms with E-state index in [9.17, 15) is 0 Å². The van der Waals surface area contributed by atoms with E-state index in [-0.39, 0.29) is 0 Å². The van der Waals surface area contributed by atoms with Crippen LogP contribution in [0.1, 0.15) is 19.3 Å². The van der Waals surface area contributed by atoms with E-state index >= 15 is 0 Å². The van der Waals surface area contributed by atoms with Gasteiger partial charge < -0.3 is 5.11 Å². The van der Waals surface area contributed by atoms with Gasteiger partial charge in [-0.15, -0.1) is 0 Å². The second-order valence-electron chi connectivity index (χ2n) is 1.64. The average Bonchev–Trinajstić information content (AvgIpc) is 1.83. The highest BCUT2D eigenvalue weighted by molar-refractivity contribution is 4.81. The standard InChI is InChI=1S/C6H10NO/c1-2-3-4-6(8)5-7/h6,8H,1-4H2. The van der Waals surface area contributed by atoms with E-state index < -0.39 is 6.10 Å². The quantitative estimate of drug-likeness (QED) is 0.550. The van der Waals surface area contributed by atoms with Crippen LogP contribution >= 0.6 is 0 Å². The lowest BCUT2D eigenvalue weighted by Gasteiger charge is -1.95. The lowest BCUT2D eigenvalue weighted by molar-refractivity contribution is 0.217. The maximum Gasteiger partial charge on any atom is 0.140 e. The Kier molecular flexibility index (Phi) is 4.29. The summed E-state index contributed by atoms with van der Waals surface area (Å²) < 4.78 is 0. The Hall–Kier alpha value is -0.550. The van der Waals surface area contributed by atoms with Gasteiger partial charge in [0.2, 0.25) is 0 Å². The van der Waals surface area contributed by atoms with E-state index in [1.54, 1.807) is 6.07 Å². The van der Waals surface area contributed by atoms with Gasteiger partial charge in [-0.2, -0.15) is 5.26 Å². The fourth-order valence-corrected chi connectivity index (χ4v) is 0.402. The van der Waals surface area contributed by atoms with Crippen LogP contribution in [0.25, 0.3) is 0 Å². The Bertz CT molecular complexity index is 85.0. The molecule has 45 valence electrons. The first kappa shape index (κ1) is 7.45. The first-order chi connectivity index (χ1) is 3.81. The Balaban J connectivity index is 3.02. The molecule has 2 nitrogen and oxygen atoms in total. The number of hydrogen-bond donors (Lipinski definition) is 1. The molecule has 0 aliphatic rings. The van der Waals surface area contributed by atoms with Crippen molar-refractivity contribution in [2.45, 2.75) is 25.4 Å². The summed E-state index contributed by atoms with van der Waals surface area (Å²) in [6, 6.07) is 1.73. The van der Waals surface area contributed by atoms with Crippen molar-refractivity contribution in [3.63, 3.8) is 0 Å². The predicted octanol–water partition coefficient (Wildman–Crippen LogP) is 0.875. The third kappa shape index (κ3) is 3.63. The molecule has 0 aromatic carbocycles. The fourth-order valence-electron chi connectivity index (χ4n) is 0.402. The van der Waals surface area contributed by atoms with Gasteiger partial charge in [-0.05, 0) is 12.8 Å². The van der Waals surface area contributed by atoms with Gasteiger partial charge in [-0.1, -0.05) is 13.3 Å². The van der Waals surface area contributed by atoms with Crippen LogP contribution in [0.2, 0.25) is 0 Å². The summed E-state index contributed by atoms with van der Waals surface area (Å²) in [4.78, 5) is 0. The summed E-state index contributed by atoms with van der Waals surface area (Å²) in [5.74, 6) is 0. The highest BCUT2D eigenvalue weighted by Crippen LogP contribution is 1.97. The number of rotatable bonds is 3. The van der Waals surface area contributed by atoms with Crippen LogP contribution < -0.4 is 0 Å². The minimum atomic E-state index is -0.781. The van der Waals surface area contributed by atoms with Crippen molar-refractivity contribution < 1.29 is 5.11 Å². The van der Waals surface area contributed by atoms with Gasteiger partial charge in [0.15, 0.2) is 0 Å². The summed E-state index contributed by atoms with van der Waals surface area (Å²) >= 11 is 0. The molecule has 0 saturated carbocycles. The van der Waals surface area contributed by atoms with Gasteiger partial charge in [-0.3, -0.25) is 0 Å². The monoisotopic (exact) mass is 112 g/mol. The highest BCUT2D eigenvalue weighted by atomic mass is 16.3. The zero-order valence-corrected chi connectivity index (χ0v) is 4.80. The lowest BCUT2D eigenvalue weighted by Crippen LogP contribution is -2.00. The molecule has 1 unspecified atom stereocenters. The van der Waals surface area contributed by atoms with Crippen molar-refractivity contribution in [2.24, 2.45) is 0 Å². The van der Waals surface area contributed by atoms with Crippen LogP contribution in [-0.2, 0) is 0 Å². The zero-order valence-electron chi connectivity index (χ0n) is 4.80. The summed E-state index contributed by atoms with van der Waals surface area (Å²) in [5, 5.41) is 16.6. The number of aliphatic hydroxyl groups excluding tert-OH is 1. The van der Waals surface area contributed by atoms with Crippen molar-refractivity contribution in [2.75, 3.05) is 0 Å². The number of nitrogens with zero attached hydrogens (tertiary/aromatic N) is 1. The second kappa shape index (κ2) is 4.61. The molecule has 0 bridgehead atoms. The van der Waals surface area contributed by atoms with E-state index in [4.69, 9.17) is 10.4 Å².